The first kappa shape index (κ1) is 21.7. The Hall–Kier alpha value is -2.99. The molecule has 0 radical (unpaired) electrons. The monoisotopic (exact) mass is 468 g/mol. The average molecular weight is 469 g/mol. The highest BCUT2D eigenvalue weighted by molar-refractivity contribution is 9.10. The van der Waals surface area contributed by atoms with Gasteiger partial charge in [-0.1, -0.05) is 40.2 Å². The van der Waals surface area contributed by atoms with Gasteiger partial charge in [0.2, 0.25) is 0 Å². The van der Waals surface area contributed by atoms with Crippen molar-refractivity contribution in [3.63, 3.8) is 0 Å². The molecule has 3 aromatic rings. The topological polar surface area (TPSA) is 59.6 Å². The number of nitrogens with one attached hydrogen (secondary N) is 2. The Balaban J connectivity index is 1.60. The number of carbonyl (C=O) groups excluding carboxylic acids is 1. The maximum Gasteiger partial charge on any atom is 0.262 e. The summed E-state index contributed by atoms with van der Waals surface area (Å²) in [5.74, 6) is 0.952. The highest BCUT2D eigenvalue weighted by Crippen LogP contribution is 2.29. The van der Waals surface area contributed by atoms with Crippen LogP contribution in [0.15, 0.2) is 71.2 Å². The number of aryl methyl sites for hydroxylation is 1. The number of ether oxygens (including phenoxy) is 2. The Morgan fingerprint density at radius 1 is 0.967 bits per heavy atom. The predicted octanol–water partition coefficient (Wildman–Crippen LogP) is 5.79. The van der Waals surface area contributed by atoms with Gasteiger partial charge in [-0.25, -0.2) is 0 Å². The number of benzene rings is 3. The molecular formula is C24H25BrN2O3. The molecular weight excluding hydrogens is 444 g/mol. The third-order valence-electron chi connectivity index (χ3n) is 4.43. The second kappa shape index (κ2) is 10.7. The van der Waals surface area contributed by atoms with E-state index in [-0.39, 0.29) is 12.5 Å². The zero-order chi connectivity index (χ0) is 21.3. The second-order valence-electron chi connectivity index (χ2n) is 6.73. The Bertz CT molecular complexity index is 990. The molecule has 0 aliphatic heterocycles. The van der Waals surface area contributed by atoms with Crippen LogP contribution < -0.4 is 20.1 Å². The van der Waals surface area contributed by atoms with Crippen molar-refractivity contribution >= 4 is 33.2 Å². The molecule has 3 aromatic carbocycles. The summed E-state index contributed by atoms with van der Waals surface area (Å²) in [6, 6.07) is 21.4. The van der Waals surface area contributed by atoms with E-state index >= 15 is 0 Å². The molecule has 1 amide bonds. The van der Waals surface area contributed by atoms with E-state index in [1.54, 1.807) is 0 Å². The van der Waals surface area contributed by atoms with Crippen LogP contribution >= 0.6 is 15.9 Å². The molecule has 0 fully saturated rings. The third-order valence-corrected chi connectivity index (χ3v) is 4.96. The fourth-order valence-electron chi connectivity index (χ4n) is 2.86. The Kier molecular flexibility index (Phi) is 7.74. The van der Waals surface area contributed by atoms with Crippen molar-refractivity contribution < 1.29 is 14.3 Å². The number of hydrogen-bond acceptors (Lipinski definition) is 4. The number of carbonyl (C=O) groups is 1. The van der Waals surface area contributed by atoms with Gasteiger partial charge < -0.3 is 20.1 Å². The zero-order valence-electron chi connectivity index (χ0n) is 17.1. The van der Waals surface area contributed by atoms with Crippen molar-refractivity contribution in [3.8, 4) is 11.5 Å². The first-order valence-corrected chi connectivity index (χ1v) is 10.6. The molecule has 2 N–H and O–H groups in total. The molecule has 0 spiro atoms. The first-order valence-electron chi connectivity index (χ1n) is 9.78. The van der Waals surface area contributed by atoms with Gasteiger partial charge in [0.15, 0.2) is 18.1 Å². The summed E-state index contributed by atoms with van der Waals surface area (Å²) < 4.78 is 12.5. The van der Waals surface area contributed by atoms with E-state index in [0.717, 1.165) is 27.0 Å². The van der Waals surface area contributed by atoms with E-state index in [1.165, 1.54) is 0 Å². The van der Waals surface area contributed by atoms with Crippen molar-refractivity contribution in [1.82, 2.24) is 0 Å². The summed E-state index contributed by atoms with van der Waals surface area (Å²) in [4.78, 5) is 12.3. The van der Waals surface area contributed by atoms with Crippen LogP contribution in [-0.2, 0) is 11.3 Å². The standard InChI is InChI=1S/C24H25BrN2O3/c1-3-29-23-14-18(15-26-20-11-9-19(25)10-12-20)8-13-22(23)30-16-24(28)27-21-7-5-4-6-17(21)2/h4-14,26H,3,15-16H2,1-2H3,(H,27,28). The average Bonchev–Trinajstić information content (AvgIpc) is 2.74. The molecule has 0 bridgehead atoms. The fraction of sp³-hybridized carbons (Fsp3) is 0.208. The van der Waals surface area contributed by atoms with Crippen LogP contribution in [-0.4, -0.2) is 19.1 Å². The number of hydrogen-bond donors (Lipinski definition) is 2. The van der Waals surface area contributed by atoms with Crippen LogP contribution in [0.3, 0.4) is 0 Å². The molecule has 6 heteroatoms. The molecule has 30 heavy (non-hydrogen) atoms. The quantitative estimate of drug-likeness (QED) is 0.417. The van der Waals surface area contributed by atoms with Gasteiger partial charge in [-0.05, 0) is 67.4 Å². The number of halogens is 1. The van der Waals surface area contributed by atoms with E-state index in [9.17, 15) is 4.79 Å². The number of amides is 1. The molecule has 0 aliphatic carbocycles. The van der Waals surface area contributed by atoms with Crippen LogP contribution in [0, 0.1) is 6.92 Å². The highest BCUT2D eigenvalue weighted by Gasteiger charge is 2.10. The van der Waals surface area contributed by atoms with Gasteiger partial charge >= 0.3 is 0 Å². The Morgan fingerprint density at radius 2 is 1.73 bits per heavy atom. The minimum atomic E-state index is -0.215. The van der Waals surface area contributed by atoms with Gasteiger partial charge in [-0.15, -0.1) is 0 Å². The van der Waals surface area contributed by atoms with Crippen LogP contribution in [0.1, 0.15) is 18.1 Å². The molecule has 5 nitrogen and oxygen atoms in total. The van der Waals surface area contributed by atoms with Gasteiger partial charge in [-0.3, -0.25) is 4.79 Å². The van der Waals surface area contributed by atoms with E-state index < -0.39 is 0 Å². The summed E-state index contributed by atoms with van der Waals surface area (Å²) in [6.07, 6.45) is 0. The first-order chi connectivity index (χ1) is 14.5. The van der Waals surface area contributed by atoms with Gasteiger partial charge in [-0.2, -0.15) is 0 Å². The van der Waals surface area contributed by atoms with Crippen molar-refractivity contribution in [3.05, 3.63) is 82.3 Å². The summed E-state index contributed by atoms with van der Waals surface area (Å²) in [5, 5.41) is 6.25. The molecule has 0 saturated heterocycles. The van der Waals surface area contributed by atoms with E-state index in [1.807, 2.05) is 80.6 Å². The van der Waals surface area contributed by atoms with Crippen molar-refractivity contribution in [2.75, 3.05) is 23.8 Å². The lowest BCUT2D eigenvalue weighted by Crippen LogP contribution is -2.20. The van der Waals surface area contributed by atoms with Crippen molar-refractivity contribution in [1.29, 1.82) is 0 Å². The van der Waals surface area contributed by atoms with E-state index in [0.29, 0.717) is 24.7 Å². The van der Waals surface area contributed by atoms with Crippen LogP contribution in [0.2, 0.25) is 0 Å². The lowest BCUT2D eigenvalue weighted by Gasteiger charge is -2.14. The lowest BCUT2D eigenvalue weighted by molar-refractivity contribution is -0.118. The minimum Gasteiger partial charge on any atom is -0.490 e. The molecule has 0 unspecified atom stereocenters. The summed E-state index contributed by atoms with van der Waals surface area (Å²) >= 11 is 3.44. The molecule has 3 rings (SSSR count). The van der Waals surface area contributed by atoms with Gasteiger partial charge in [0.05, 0.1) is 6.61 Å². The molecule has 0 heterocycles. The summed E-state index contributed by atoms with van der Waals surface area (Å²) in [5.41, 5.74) is 3.87. The normalized spacial score (nSPS) is 10.4. The summed E-state index contributed by atoms with van der Waals surface area (Å²) in [7, 11) is 0. The second-order valence-corrected chi connectivity index (χ2v) is 7.64. The molecule has 0 atom stereocenters. The molecule has 0 aromatic heterocycles. The third kappa shape index (κ3) is 6.26. The zero-order valence-corrected chi connectivity index (χ0v) is 18.7. The Labute approximate surface area is 185 Å². The van der Waals surface area contributed by atoms with Gasteiger partial charge in [0.1, 0.15) is 0 Å². The van der Waals surface area contributed by atoms with Crippen LogP contribution in [0.25, 0.3) is 0 Å². The van der Waals surface area contributed by atoms with Gasteiger partial charge in [0.25, 0.3) is 5.91 Å². The fourth-order valence-corrected chi connectivity index (χ4v) is 3.13. The number of rotatable bonds is 9. The Morgan fingerprint density at radius 3 is 2.47 bits per heavy atom. The molecule has 156 valence electrons. The van der Waals surface area contributed by atoms with E-state index in [4.69, 9.17) is 9.47 Å². The lowest BCUT2D eigenvalue weighted by atomic mass is 10.2. The number of anilines is 2. The largest absolute Gasteiger partial charge is 0.490 e. The molecule has 0 saturated carbocycles. The van der Waals surface area contributed by atoms with Crippen LogP contribution in [0.4, 0.5) is 11.4 Å². The smallest absolute Gasteiger partial charge is 0.262 e. The SMILES string of the molecule is CCOc1cc(CNc2ccc(Br)cc2)ccc1OCC(=O)Nc1ccccc1C. The maximum atomic E-state index is 12.3. The maximum absolute atomic E-state index is 12.3. The van der Waals surface area contributed by atoms with Crippen LogP contribution in [0.5, 0.6) is 11.5 Å². The van der Waals surface area contributed by atoms with Crippen molar-refractivity contribution in [2.24, 2.45) is 0 Å². The minimum absolute atomic E-state index is 0.0924. The predicted molar refractivity (Wildman–Crippen MR) is 124 cm³/mol. The van der Waals surface area contributed by atoms with Crippen molar-refractivity contribution in [2.45, 2.75) is 20.4 Å². The van der Waals surface area contributed by atoms with Gasteiger partial charge in [0, 0.05) is 22.4 Å². The summed E-state index contributed by atoms with van der Waals surface area (Å²) in [6.45, 7) is 4.93. The molecule has 0 aliphatic rings. The highest BCUT2D eigenvalue weighted by atomic mass is 79.9. The van der Waals surface area contributed by atoms with E-state index in [2.05, 4.69) is 26.6 Å². The number of para-hydroxylation sites is 1.